The minimum absolute atomic E-state index is 0.0231. The van der Waals surface area contributed by atoms with E-state index in [1.165, 1.54) is 0 Å². The number of rotatable bonds is 2. The Morgan fingerprint density at radius 3 is 2.18 bits per heavy atom. The second-order valence-electron chi connectivity index (χ2n) is 3.54. The molecule has 0 aromatic carbocycles. The largest absolute Gasteiger partial charge is 0.347 e. The van der Waals surface area contributed by atoms with E-state index in [2.05, 4.69) is 27.7 Å². The summed E-state index contributed by atoms with van der Waals surface area (Å²) in [5.74, 6) is 0.467. The number of ether oxygens (including phenoxy) is 2. The van der Waals surface area contributed by atoms with Crippen molar-refractivity contribution in [2.24, 2.45) is 5.92 Å². The van der Waals surface area contributed by atoms with E-state index in [9.17, 15) is 0 Å². The first-order chi connectivity index (χ1) is 5.15. The van der Waals surface area contributed by atoms with E-state index in [1.807, 2.05) is 0 Å². The number of hydrogen-bond donors (Lipinski definition) is 0. The third-order valence-corrected chi connectivity index (χ3v) is 2.13. The quantitative estimate of drug-likeness (QED) is 0.613. The van der Waals surface area contributed by atoms with Gasteiger partial charge in [-0.1, -0.05) is 20.8 Å². The van der Waals surface area contributed by atoms with Crippen molar-refractivity contribution in [2.45, 2.75) is 52.6 Å². The summed E-state index contributed by atoms with van der Waals surface area (Å²) in [7, 11) is 0. The third-order valence-electron chi connectivity index (χ3n) is 2.13. The minimum Gasteiger partial charge on any atom is -0.347 e. The van der Waals surface area contributed by atoms with Gasteiger partial charge in [0.05, 0.1) is 12.2 Å². The van der Waals surface area contributed by atoms with Crippen LogP contribution in [0.4, 0.5) is 0 Å². The van der Waals surface area contributed by atoms with E-state index in [0.29, 0.717) is 12.0 Å². The van der Waals surface area contributed by atoms with Crippen LogP contribution in [-0.2, 0) is 9.47 Å². The highest BCUT2D eigenvalue weighted by molar-refractivity contribution is 4.73. The molecule has 0 aliphatic carbocycles. The van der Waals surface area contributed by atoms with Crippen LogP contribution in [0.25, 0.3) is 0 Å². The fourth-order valence-corrected chi connectivity index (χ4v) is 1.36. The van der Waals surface area contributed by atoms with Gasteiger partial charge < -0.3 is 9.47 Å². The molecule has 0 aromatic rings. The summed E-state index contributed by atoms with van der Waals surface area (Å²) in [5, 5.41) is 0. The zero-order valence-electron chi connectivity index (χ0n) is 7.83. The molecular formula is C9H18O2. The maximum Gasteiger partial charge on any atom is 0.160 e. The molecule has 66 valence electrons. The summed E-state index contributed by atoms with van der Waals surface area (Å²) in [4.78, 5) is 0. The standard InChI is InChI=1S/C9H18O2/c1-5-8-7(4)10-9(11-8)6(2)3/h6-9H,5H2,1-4H3/t7-,8-,9?/m0/s1. The van der Waals surface area contributed by atoms with Gasteiger partial charge in [0, 0.05) is 5.92 Å². The van der Waals surface area contributed by atoms with Gasteiger partial charge in [-0.25, -0.2) is 0 Å². The van der Waals surface area contributed by atoms with Gasteiger partial charge in [0.25, 0.3) is 0 Å². The van der Waals surface area contributed by atoms with E-state index < -0.39 is 0 Å². The first-order valence-corrected chi connectivity index (χ1v) is 4.46. The van der Waals surface area contributed by atoms with Gasteiger partial charge in [-0.05, 0) is 13.3 Å². The van der Waals surface area contributed by atoms with Gasteiger partial charge in [0.1, 0.15) is 0 Å². The molecule has 0 aromatic heterocycles. The van der Waals surface area contributed by atoms with Crippen LogP contribution < -0.4 is 0 Å². The fourth-order valence-electron chi connectivity index (χ4n) is 1.36. The highest BCUT2D eigenvalue weighted by Gasteiger charge is 2.32. The van der Waals surface area contributed by atoms with Gasteiger partial charge in [0.15, 0.2) is 6.29 Å². The Kier molecular flexibility index (Phi) is 2.90. The minimum atomic E-state index is 0.0231. The molecule has 1 heterocycles. The highest BCUT2D eigenvalue weighted by Crippen LogP contribution is 2.25. The van der Waals surface area contributed by atoms with Crippen LogP contribution in [0.3, 0.4) is 0 Å². The van der Waals surface area contributed by atoms with E-state index in [0.717, 1.165) is 6.42 Å². The summed E-state index contributed by atoms with van der Waals surface area (Å²) in [6, 6.07) is 0. The van der Waals surface area contributed by atoms with Crippen molar-refractivity contribution < 1.29 is 9.47 Å². The molecule has 0 amide bonds. The second-order valence-corrected chi connectivity index (χ2v) is 3.54. The molecule has 1 saturated heterocycles. The van der Waals surface area contributed by atoms with Gasteiger partial charge in [-0.15, -0.1) is 0 Å². The molecule has 1 aliphatic heterocycles. The average molecular weight is 158 g/mol. The molecule has 1 unspecified atom stereocenters. The lowest BCUT2D eigenvalue weighted by molar-refractivity contribution is -0.0938. The normalized spacial score (nSPS) is 38.5. The van der Waals surface area contributed by atoms with Crippen LogP contribution in [0, 0.1) is 5.92 Å². The lowest BCUT2D eigenvalue weighted by atomic mass is 10.2. The van der Waals surface area contributed by atoms with Gasteiger partial charge >= 0.3 is 0 Å². The third kappa shape index (κ3) is 1.94. The zero-order valence-corrected chi connectivity index (χ0v) is 7.83. The Hall–Kier alpha value is -0.0800. The van der Waals surface area contributed by atoms with E-state index >= 15 is 0 Å². The Balaban J connectivity index is 2.43. The van der Waals surface area contributed by atoms with Gasteiger partial charge in [-0.2, -0.15) is 0 Å². The summed E-state index contributed by atoms with van der Waals surface area (Å²) < 4.78 is 11.3. The predicted molar refractivity (Wildman–Crippen MR) is 44.3 cm³/mol. The zero-order chi connectivity index (χ0) is 8.43. The van der Waals surface area contributed by atoms with Crippen molar-refractivity contribution in [3.05, 3.63) is 0 Å². The molecule has 11 heavy (non-hydrogen) atoms. The lowest BCUT2D eigenvalue weighted by Crippen LogP contribution is -2.17. The molecule has 0 saturated carbocycles. The molecule has 2 nitrogen and oxygen atoms in total. The van der Waals surface area contributed by atoms with Gasteiger partial charge in [0.2, 0.25) is 0 Å². The SMILES string of the molecule is CC[C@@H]1OC(C(C)C)O[C@H]1C. The van der Waals surface area contributed by atoms with Crippen molar-refractivity contribution in [3.8, 4) is 0 Å². The lowest BCUT2D eigenvalue weighted by Gasteiger charge is -2.13. The van der Waals surface area contributed by atoms with Crippen LogP contribution in [0.5, 0.6) is 0 Å². The first-order valence-electron chi connectivity index (χ1n) is 4.46. The van der Waals surface area contributed by atoms with E-state index in [1.54, 1.807) is 0 Å². The molecular weight excluding hydrogens is 140 g/mol. The Labute approximate surface area is 68.9 Å². The van der Waals surface area contributed by atoms with Crippen molar-refractivity contribution in [2.75, 3.05) is 0 Å². The van der Waals surface area contributed by atoms with Crippen LogP contribution in [0.15, 0.2) is 0 Å². The van der Waals surface area contributed by atoms with Crippen molar-refractivity contribution in [1.82, 2.24) is 0 Å². The van der Waals surface area contributed by atoms with E-state index in [4.69, 9.17) is 9.47 Å². The maximum absolute atomic E-state index is 5.66. The molecule has 3 atom stereocenters. The molecule has 0 radical (unpaired) electrons. The summed E-state index contributed by atoms with van der Waals surface area (Å²) >= 11 is 0. The Morgan fingerprint density at radius 2 is 1.91 bits per heavy atom. The molecule has 0 N–H and O–H groups in total. The number of hydrogen-bond acceptors (Lipinski definition) is 2. The molecule has 0 spiro atoms. The second kappa shape index (κ2) is 3.55. The topological polar surface area (TPSA) is 18.5 Å². The first kappa shape index (κ1) is 9.01. The van der Waals surface area contributed by atoms with Crippen LogP contribution >= 0.6 is 0 Å². The summed E-state index contributed by atoms with van der Waals surface area (Å²) in [5.41, 5.74) is 0. The Bertz CT molecular complexity index is 123. The summed E-state index contributed by atoms with van der Waals surface area (Å²) in [6.07, 6.45) is 1.65. The van der Waals surface area contributed by atoms with Gasteiger partial charge in [-0.3, -0.25) is 0 Å². The Morgan fingerprint density at radius 1 is 1.27 bits per heavy atom. The molecule has 0 bridgehead atoms. The smallest absolute Gasteiger partial charge is 0.160 e. The van der Waals surface area contributed by atoms with Crippen molar-refractivity contribution in [3.63, 3.8) is 0 Å². The molecule has 2 heteroatoms. The molecule has 1 fully saturated rings. The maximum atomic E-state index is 5.66. The van der Waals surface area contributed by atoms with Crippen LogP contribution in [0.1, 0.15) is 34.1 Å². The fraction of sp³-hybridized carbons (Fsp3) is 1.00. The molecule has 1 rings (SSSR count). The highest BCUT2D eigenvalue weighted by atomic mass is 16.7. The summed E-state index contributed by atoms with van der Waals surface area (Å²) in [6.45, 7) is 8.45. The molecule has 1 aliphatic rings. The van der Waals surface area contributed by atoms with Crippen LogP contribution in [0.2, 0.25) is 0 Å². The van der Waals surface area contributed by atoms with Crippen molar-refractivity contribution in [1.29, 1.82) is 0 Å². The predicted octanol–water partition coefficient (Wildman–Crippen LogP) is 2.18. The van der Waals surface area contributed by atoms with E-state index in [-0.39, 0.29) is 12.4 Å². The monoisotopic (exact) mass is 158 g/mol. The van der Waals surface area contributed by atoms with Crippen LogP contribution in [-0.4, -0.2) is 18.5 Å². The van der Waals surface area contributed by atoms with Crippen molar-refractivity contribution >= 4 is 0 Å². The average Bonchev–Trinajstić information content (AvgIpc) is 2.31.